The Balaban J connectivity index is 1.71. The van der Waals surface area contributed by atoms with Gasteiger partial charge in [-0.25, -0.2) is 0 Å². The van der Waals surface area contributed by atoms with E-state index in [-0.39, 0.29) is 5.91 Å². The van der Waals surface area contributed by atoms with E-state index in [4.69, 9.17) is 4.74 Å². The molecule has 0 fully saturated rings. The lowest BCUT2D eigenvalue weighted by atomic mass is 10.0. The first-order chi connectivity index (χ1) is 11.3. The third-order valence-corrected chi connectivity index (χ3v) is 4.36. The quantitative estimate of drug-likeness (QED) is 0.792. The van der Waals surface area contributed by atoms with Crippen molar-refractivity contribution in [3.63, 3.8) is 0 Å². The highest BCUT2D eigenvalue weighted by molar-refractivity contribution is 5.94. The summed E-state index contributed by atoms with van der Waals surface area (Å²) in [6.45, 7) is 1.29. The molecule has 3 heterocycles. The zero-order valence-electron chi connectivity index (χ0n) is 12.9. The summed E-state index contributed by atoms with van der Waals surface area (Å²) in [4.78, 5) is 22.1. The largest absolute Gasteiger partial charge is 0.495 e. The molecule has 1 N–H and O–H groups in total. The first kappa shape index (κ1) is 13.8. The molecule has 3 aromatic rings. The van der Waals surface area contributed by atoms with Crippen molar-refractivity contribution < 1.29 is 9.53 Å². The fraction of sp³-hybridized carbons (Fsp3) is 0.222. The Kier molecular flexibility index (Phi) is 3.26. The van der Waals surface area contributed by atoms with E-state index in [9.17, 15) is 4.79 Å². The number of aromatic nitrogens is 2. The summed E-state index contributed by atoms with van der Waals surface area (Å²) in [7, 11) is 1.67. The molecular formula is C18H17N3O2. The van der Waals surface area contributed by atoms with Gasteiger partial charge in [-0.1, -0.05) is 18.2 Å². The van der Waals surface area contributed by atoms with Crippen LogP contribution in [0.4, 0.5) is 0 Å². The topological polar surface area (TPSA) is 58.2 Å². The molecule has 1 aliphatic rings. The van der Waals surface area contributed by atoms with Crippen molar-refractivity contribution in [2.75, 3.05) is 13.7 Å². The predicted octanol–water partition coefficient (Wildman–Crippen LogP) is 2.77. The van der Waals surface area contributed by atoms with E-state index < -0.39 is 0 Å². The van der Waals surface area contributed by atoms with E-state index in [0.29, 0.717) is 18.8 Å². The lowest BCUT2D eigenvalue weighted by Gasteiger charge is -2.27. The maximum absolute atomic E-state index is 12.6. The molecule has 4 rings (SSSR count). The van der Waals surface area contributed by atoms with Crippen LogP contribution in [0, 0.1) is 0 Å². The van der Waals surface area contributed by atoms with Gasteiger partial charge in [0.15, 0.2) is 0 Å². The van der Waals surface area contributed by atoms with Gasteiger partial charge in [-0.05, 0) is 18.2 Å². The van der Waals surface area contributed by atoms with Gasteiger partial charge in [0.25, 0.3) is 5.91 Å². The van der Waals surface area contributed by atoms with Crippen molar-refractivity contribution in [1.29, 1.82) is 0 Å². The van der Waals surface area contributed by atoms with Crippen molar-refractivity contribution in [3.05, 3.63) is 59.5 Å². The highest BCUT2D eigenvalue weighted by atomic mass is 16.5. The maximum Gasteiger partial charge on any atom is 0.272 e. The number of carbonyl (C=O) groups is 1. The van der Waals surface area contributed by atoms with Crippen LogP contribution >= 0.6 is 0 Å². The highest BCUT2D eigenvalue weighted by Crippen LogP contribution is 2.33. The summed E-state index contributed by atoms with van der Waals surface area (Å²) >= 11 is 0. The van der Waals surface area contributed by atoms with E-state index in [1.54, 1.807) is 19.4 Å². The molecule has 5 nitrogen and oxygen atoms in total. The van der Waals surface area contributed by atoms with Crippen LogP contribution in [-0.4, -0.2) is 34.4 Å². The van der Waals surface area contributed by atoms with Gasteiger partial charge >= 0.3 is 0 Å². The molecule has 116 valence electrons. The number of para-hydroxylation sites is 1. The molecule has 0 saturated heterocycles. The Morgan fingerprint density at radius 2 is 2.17 bits per heavy atom. The van der Waals surface area contributed by atoms with Crippen LogP contribution in [0.15, 0.2) is 42.6 Å². The average Bonchev–Trinajstić information content (AvgIpc) is 2.99. The molecule has 1 aliphatic heterocycles. The second-order valence-corrected chi connectivity index (χ2v) is 5.66. The van der Waals surface area contributed by atoms with Crippen molar-refractivity contribution in [1.82, 2.24) is 14.9 Å². The minimum Gasteiger partial charge on any atom is -0.495 e. The van der Waals surface area contributed by atoms with Gasteiger partial charge in [-0.3, -0.25) is 9.78 Å². The summed E-state index contributed by atoms with van der Waals surface area (Å²) in [6, 6.07) is 11.4. The van der Waals surface area contributed by atoms with Crippen LogP contribution in [0.5, 0.6) is 5.75 Å². The minimum absolute atomic E-state index is 0.0199. The Morgan fingerprint density at radius 1 is 1.26 bits per heavy atom. The van der Waals surface area contributed by atoms with E-state index >= 15 is 0 Å². The number of ether oxygens (including phenoxy) is 1. The molecule has 0 bridgehead atoms. The van der Waals surface area contributed by atoms with Crippen LogP contribution in [0.2, 0.25) is 0 Å². The number of rotatable bonds is 2. The molecule has 0 atom stereocenters. The molecule has 2 aromatic heterocycles. The second-order valence-electron chi connectivity index (χ2n) is 5.66. The Bertz CT molecular complexity index is 871. The number of fused-ring (bicyclic) bond motifs is 3. The number of H-pyrrole nitrogens is 1. The number of hydrogen-bond donors (Lipinski definition) is 1. The van der Waals surface area contributed by atoms with Gasteiger partial charge in [0.05, 0.1) is 12.6 Å². The fourth-order valence-corrected chi connectivity index (χ4v) is 3.21. The number of methoxy groups -OCH3 is 1. The normalized spacial score (nSPS) is 13.9. The second kappa shape index (κ2) is 5.43. The van der Waals surface area contributed by atoms with Gasteiger partial charge in [0.1, 0.15) is 11.4 Å². The molecule has 0 saturated carbocycles. The summed E-state index contributed by atoms with van der Waals surface area (Å²) in [5, 5.41) is 1.12. The molecule has 1 amide bonds. The molecule has 23 heavy (non-hydrogen) atoms. The SMILES string of the molecule is COc1cccc2c3c([nH]c12)CCN(C(=O)c1ccccn1)C3. The lowest BCUT2D eigenvalue weighted by molar-refractivity contribution is 0.0729. The summed E-state index contributed by atoms with van der Waals surface area (Å²) in [5.41, 5.74) is 3.87. The lowest BCUT2D eigenvalue weighted by Crippen LogP contribution is -2.36. The monoisotopic (exact) mass is 307 g/mol. The third kappa shape index (κ3) is 2.25. The number of benzene rings is 1. The molecule has 0 unspecified atom stereocenters. The van der Waals surface area contributed by atoms with Crippen molar-refractivity contribution in [2.24, 2.45) is 0 Å². The van der Waals surface area contributed by atoms with E-state index in [1.807, 2.05) is 29.2 Å². The molecule has 5 heteroatoms. The number of nitrogens with zero attached hydrogens (tertiary/aromatic N) is 2. The van der Waals surface area contributed by atoms with Crippen molar-refractivity contribution in [2.45, 2.75) is 13.0 Å². The highest BCUT2D eigenvalue weighted by Gasteiger charge is 2.25. The molecule has 0 radical (unpaired) electrons. The van der Waals surface area contributed by atoms with Crippen LogP contribution < -0.4 is 4.74 Å². The fourth-order valence-electron chi connectivity index (χ4n) is 3.21. The first-order valence-corrected chi connectivity index (χ1v) is 7.64. The standard InChI is InChI=1S/C18H17N3O2/c1-23-16-7-4-5-12-13-11-21(10-8-14(13)20-17(12)16)18(22)15-6-2-3-9-19-15/h2-7,9,20H,8,10-11H2,1H3. The zero-order chi connectivity index (χ0) is 15.8. The molecule has 0 aliphatic carbocycles. The third-order valence-electron chi connectivity index (χ3n) is 4.36. The predicted molar refractivity (Wildman–Crippen MR) is 87.5 cm³/mol. The smallest absolute Gasteiger partial charge is 0.272 e. The van der Waals surface area contributed by atoms with Gasteiger partial charge in [0, 0.05) is 42.4 Å². The summed E-state index contributed by atoms with van der Waals surface area (Å²) in [5.74, 6) is 0.813. The van der Waals surface area contributed by atoms with E-state index in [1.165, 1.54) is 11.3 Å². The molecule has 0 spiro atoms. The maximum atomic E-state index is 12.6. The Labute approximate surface area is 133 Å². The number of amides is 1. The first-order valence-electron chi connectivity index (χ1n) is 7.64. The number of nitrogens with one attached hydrogen (secondary N) is 1. The Morgan fingerprint density at radius 3 is 2.96 bits per heavy atom. The minimum atomic E-state index is -0.0199. The van der Waals surface area contributed by atoms with Crippen molar-refractivity contribution >= 4 is 16.8 Å². The Hall–Kier alpha value is -2.82. The average molecular weight is 307 g/mol. The van der Waals surface area contributed by atoms with Crippen LogP contribution in [0.1, 0.15) is 21.7 Å². The number of hydrogen-bond acceptors (Lipinski definition) is 3. The van der Waals surface area contributed by atoms with Gasteiger partial charge in [0.2, 0.25) is 0 Å². The van der Waals surface area contributed by atoms with Gasteiger partial charge in [-0.15, -0.1) is 0 Å². The number of pyridine rings is 1. The van der Waals surface area contributed by atoms with Crippen LogP contribution in [0.25, 0.3) is 10.9 Å². The van der Waals surface area contributed by atoms with Crippen LogP contribution in [0.3, 0.4) is 0 Å². The summed E-state index contributed by atoms with van der Waals surface area (Å²) < 4.78 is 5.43. The molecular weight excluding hydrogens is 290 g/mol. The van der Waals surface area contributed by atoms with Crippen LogP contribution in [-0.2, 0) is 13.0 Å². The van der Waals surface area contributed by atoms with E-state index in [0.717, 1.165) is 23.1 Å². The molecule has 1 aromatic carbocycles. The van der Waals surface area contributed by atoms with Crippen molar-refractivity contribution in [3.8, 4) is 5.75 Å². The number of aromatic amines is 1. The number of carbonyl (C=O) groups excluding carboxylic acids is 1. The van der Waals surface area contributed by atoms with Gasteiger partial charge in [-0.2, -0.15) is 0 Å². The summed E-state index contributed by atoms with van der Waals surface area (Å²) in [6.07, 6.45) is 2.46. The van der Waals surface area contributed by atoms with E-state index in [2.05, 4.69) is 16.0 Å². The van der Waals surface area contributed by atoms with Gasteiger partial charge < -0.3 is 14.6 Å². The zero-order valence-corrected chi connectivity index (χ0v) is 12.9.